The van der Waals surface area contributed by atoms with Crippen molar-refractivity contribution in [2.75, 3.05) is 32.7 Å². The van der Waals surface area contributed by atoms with Crippen molar-refractivity contribution in [2.24, 2.45) is 5.92 Å². The van der Waals surface area contributed by atoms with Gasteiger partial charge in [0.15, 0.2) is 0 Å². The highest BCUT2D eigenvalue weighted by atomic mass is 16.7. The van der Waals surface area contributed by atoms with E-state index in [9.17, 15) is 14.9 Å². The summed E-state index contributed by atoms with van der Waals surface area (Å²) in [6, 6.07) is 17.7. The van der Waals surface area contributed by atoms with Crippen LogP contribution in [0.5, 0.6) is 0 Å². The Labute approximate surface area is 254 Å². The predicted molar refractivity (Wildman–Crippen MR) is 164 cm³/mol. The second-order valence-electron chi connectivity index (χ2n) is 12.9. The first-order valence-corrected chi connectivity index (χ1v) is 16.0. The van der Waals surface area contributed by atoms with E-state index in [1.807, 2.05) is 0 Å². The molecule has 2 aromatic rings. The lowest BCUT2D eigenvalue weighted by Gasteiger charge is -2.39. The third-order valence-corrected chi connectivity index (χ3v) is 10.1. The van der Waals surface area contributed by atoms with Crippen molar-refractivity contribution in [2.45, 2.75) is 81.6 Å². The average molecular weight is 589 g/mol. The van der Waals surface area contributed by atoms with Crippen LogP contribution in [0.2, 0.25) is 0 Å². The number of carbonyl (C=O) groups excluding carboxylic acids is 1. The van der Waals surface area contributed by atoms with Crippen LogP contribution in [-0.4, -0.2) is 76.3 Å². The number of hydrogen-bond acceptors (Lipinski definition) is 7. The maximum absolute atomic E-state index is 13.1. The van der Waals surface area contributed by atoms with Crippen LogP contribution in [0.1, 0.15) is 68.4 Å². The fourth-order valence-electron chi connectivity index (χ4n) is 8.01. The molecule has 43 heavy (non-hydrogen) atoms. The number of fused-ring (bicyclic) bond motifs is 1. The molecule has 3 saturated heterocycles. The van der Waals surface area contributed by atoms with E-state index in [1.54, 1.807) is 23.1 Å². The summed E-state index contributed by atoms with van der Waals surface area (Å²) in [4.78, 5) is 34.7. The van der Waals surface area contributed by atoms with Crippen LogP contribution in [0, 0.1) is 16.0 Å². The summed E-state index contributed by atoms with van der Waals surface area (Å²) in [5.41, 5.74) is 2.22. The molecule has 0 aromatic heterocycles. The van der Waals surface area contributed by atoms with Gasteiger partial charge < -0.3 is 14.5 Å². The van der Waals surface area contributed by atoms with Crippen LogP contribution in [0.3, 0.4) is 0 Å². The van der Waals surface area contributed by atoms with Crippen LogP contribution < -0.4 is 0 Å². The Kier molecular flexibility index (Phi) is 9.12. The third-order valence-electron chi connectivity index (χ3n) is 10.1. The molecule has 3 atom stereocenters. The second kappa shape index (κ2) is 13.2. The van der Waals surface area contributed by atoms with Crippen molar-refractivity contribution < 1.29 is 19.3 Å². The number of likely N-dealkylation sites (tertiary alicyclic amines) is 1. The number of non-ortho nitro benzene ring substituents is 1. The van der Waals surface area contributed by atoms with E-state index >= 15 is 0 Å². The Morgan fingerprint density at radius 1 is 1.09 bits per heavy atom. The van der Waals surface area contributed by atoms with Gasteiger partial charge in [-0.25, -0.2) is 4.79 Å². The number of nitro groups is 1. The van der Waals surface area contributed by atoms with E-state index in [0.717, 1.165) is 51.0 Å². The number of rotatable bonds is 9. The quantitative estimate of drug-likeness (QED) is 0.193. The Hall–Kier alpha value is -3.27. The van der Waals surface area contributed by atoms with Crippen molar-refractivity contribution in [1.29, 1.82) is 0 Å². The van der Waals surface area contributed by atoms with Gasteiger partial charge in [0.05, 0.1) is 10.5 Å². The summed E-state index contributed by atoms with van der Waals surface area (Å²) in [5.74, 6) is 0.965. The van der Waals surface area contributed by atoms with E-state index < -0.39 is 4.92 Å². The number of hydrogen-bond donors (Lipinski definition) is 0. The molecule has 3 heterocycles. The van der Waals surface area contributed by atoms with Gasteiger partial charge in [0.25, 0.3) is 5.69 Å². The molecule has 3 aliphatic heterocycles. The summed E-state index contributed by atoms with van der Waals surface area (Å²) >= 11 is 0. The smallest absolute Gasteiger partial charge is 0.410 e. The summed E-state index contributed by atoms with van der Waals surface area (Å²) in [6.07, 6.45) is 10.6. The first-order valence-electron chi connectivity index (χ1n) is 16.0. The minimum atomic E-state index is -0.438. The van der Waals surface area contributed by atoms with Crippen molar-refractivity contribution in [3.63, 3.8) is 0 Å². The van der Waals surface area contributed by atoms with Crippen LogP contribution in [0.25, 0.3) is 0 Å². The zero-order chi connectivity index (χ0) is 29.8. The van der Waals surface area contributed by atoms with Crippen LogP contribution in [-0.2, 0) is 16.2 Å². The zero-order valence-electron chi connectivity index (χ0n) is 25.0. The maximum Gasteiger partial charge on any atom is 0.410 e. The lowest BCUT2D eigenvalue weighted by Crippen LogP contribution is -2.48. The average Bonchev–Trinajstić information content (AvgIpc) is 3.52. The van der Waals surface area contributed by atoms with Gasteiger partial charge in [-0.2, -0.15) is 5.06 Å². The minimum absolute atomic E-state index is 0.0175. The maximum atomic E-state index is 13.1. The van der Waals surface area contributed by atoms with Gasteiger partial charge in [-0.1, -0.05) is 55.7 Å². The standard InChI is InChI=1S/C34H44N4O5/c1-2-19-36(33(39)42-25-26-11-13-30(14-12-26)38(40)41)29-15-20-35(21-16-29)23-28-24-37-31(32(28)27-9-5-3-6-10-27)22-34(43-37)17-7-4-8-18-34/h2-3,5-6,9-14,28-29,31-32H,1,4,7-8,15-25H2/t28-,31?,32+/m0/s1. The van der Waals surface area contributed by atoms with Gasteiger partial charge in [0, 0.05) is 62.9 Å². The van der Waals surface area contributed by atoms with E-state index in [-0.39, 0.29) is 30.0 Å². The SMILES string of the molecule is C=CCN(C(=O)OCc1ccc([N+](=O)[O-])cc1)C1CCN(C[C@H]2CN3OC4(CCCCC4)CC3[C@@H]2c2ccccc2)CC1. The molecule has 9 heteroatoms. The van der Waals surface area contributed by atoms with Crippen LogP contribution >= 0.6 is 0 Å². The van der Waals surface area contributed by atoms with E-state index in [2.05, 4.69) is 46.9 Å². The molecule has 1 unspecified atom stereocenters. The lowest BCUT2D eigenvalue weighted by molar-refractivity contribution is -0.384. The highest BCUT2D eigenvalue weighted by Gasteiger charge is 2.55. The molecule has 4 fully saturated rings. The molecule has 0 radical (unpaired) electrons. The molecule has 1 saturated carbocycles. The summed E-state index contributed by atoms with van der Waals surface area (Å²) in [5, 5.41) is 13.3. The fraction of sp³-hybridized carbons (Fsp3) is 0.559. The van der Waals surface area contributed by atoms with E-state index in [0.29, 0.717) is 24.4 Å². The van der Waals surface area contributed by atoms with E-state index in [1.165, 1.54) is 49.8 Å². The Balaban J connectivity index is 1.05. The summed E-state index contributed by atoms with van der Waals surface area (Å²) in [6.45, 7) is 8.24. The minimum Gasteiger partial charge on any atom is -0.445 e. The normalized spacial score (nSPS) is 25.8. The summed E-state index contributed by atoms with van der Waals surface area (Å²) < 4.78 is 5.62. The van der Waals surface area contributed by atoms with E-state index in [4.69, 9.17) is 9.57 Å². The zero-order valence-corrected chi connectivity index (χ0v) is 25.0. The Morgan fingerprint density at radius 3 is 2.49 bits per heavy atom. The molecule has 1 aliphatic carbocycles. The van der Waals surface area contributed by atoms with Gasteiger partial charge >= 0.3 is 6.09 Å². The fourth-order valence-corrected chi connectivity index (χ4v) is 8.01. The monoisotopic (exact) mass is 588 g/mol. The predicted octanol–water partition coefficient (Wildman–Crippen LogP) is 6.31. The molecule has 6 rings (SSSR count). The molecule has 230 valence electrons. The van der Waals surface area contributed by atoms with Crippen molar-refractivity contribution in [3.05, 3.63) is 88.5 Å². The molecular weight excluding hydrogens is 544 g/mol. The molecule has 1 amide bonds. The highest BCUT2D eigenvalue weighted by Crippen LogP contribution is 2.51. The van der Waals surface area contributed by atoms with Crippen molar-refractivity contribution in [3.8, 4) is 0 Å². The Morgan fingerprint density at radius 2 is 1.81 bits per heavy atom. The molecular formula is C34H44N4O5. The number of carbonyl (C=O) groups is 1. The van der Waals surface area contributed by atoms with Gasteiger partial charge in [0.1, 0.15) is 6.61 Å². The van der Waals surface area contributed by atoms with Crippen molar-refractivity contribution in [1.82, 2.24) is 14.9 Å². The topological polar surface area (TPSA) is 88.4 Å². The number of ether oxygens (including phenoxy) is 1. The number of amides is 1. The largest absolute Gasteiger partial charge is 0.445 e. The number of benzene rings is 2. The molecule has 0 N–H and O–H groups in total. The Bertz CT molecular complexity index is 1260. The number of nitrogens with zero attached hydrogens (tertiary/aromatic N) is 4. The molecule has 9 nitrogen and oxygen atoms in total. The first kappa shape index (κ1) is 29.8. The number of piperidine rings is 1. The van der Waals surface area contributed by atoms with Gasteiger partial charge in [-0.3, -0.25) is 15.0 Å². The third kappa shape index (κ3) is 6.64. The number of nitro benzene ring substituents is 1. The van der Waals surface area contributed by atoms with Gasteiger partial charge in [0.2, 0.25) is 0 Å². The van der Waals surface area contributed by atoms with Crippen LogP contribution in [0.4, 0.5) is 10.5 Å². The number of hydroxylamine groups is 2. The molecule has 2 aromatic carbocycles. The summed E-state index contributed by atoms with van der Waals surface area (Å²) in [7, 11) is 0. The van der Waals surface area contributed by atoms with Crippen LogP contribution in [0.15, 0.2) is 67.3 Å². The van der Waals surface area contributed by atoms with Gasteiger partial charge in [-0.15, -0.1) is 6.58 Å². The molecule has 4 aliphatic rings. The first-order chi connectivity index (χ1) is 20.9. The van der Waals surface area contributed by atoms with Crippen molar-refractivity contribution >= 4 is 11.8 Å². The molecule has 1 spiro atoms. The lowest BCUT2D eigenvalue weighted by atomic mass is 9.76. The van der Waals surface area contributed by atoms with Gasteiger partial charge in [-0.05, 0) is 61.3 Å². The molecule has 0 bridgehead atoms. The second-order valence-corrected chi connectivity index (χ2v) is 12.9. The highest BCUT2D eigenvalue weighted by molar-refractivity contribution is 5.68.